The average molecular weight is 274 g/mol. The number of methoxy groups -OCH3 is 2. The molecule has 1 aromatic heterocycles. The molecule has 0 spiro atoms. The Hall–Kier alpha value is -2.27. The average Bonchev–Trinajstić information content (AvgIpc) is 2.48. The maximum absolute atomic E-state index is 12.1. The van der Waals surface area contributed by atoms with Crippen LogP contribution in [0.3, 0.4) is 0 Å². The summed E-state index contributed by atoms with van der Waals surface area (Å²) in [6.07, 6.45) is 1.70. The highest BCUT2D eigenvalue weighted by atomic mass is 16.5. The summed E-state index contributed by atoms with van der Waals surface area (Å²) in [6, 6.07) is 8.31. The fraction of sp³-hybridized carbons (Fsp3) is 0.267. The molecule has 0 aliphatic heterocycles. The summed E-state index contributed by atoms with van der Waals surface area (Å²) in [5, 5.41) is 0. The number of hydrogen-bond acceptors (Lipinski definition) is 4. The fourth-order valence-electron chi connectivity index (χ4n) is 2.11. The molecule has 20 heavy (non-hydrogen) atoms. The first-order valence-corrected chi connectivity index (χ1v) is 6.21. The van der Waals surface area contributed by atoms with Crippen LogP contribution >= 0.6 is 0 Å². The van der Waals surface area contributed by atoms with Crippen LogP contribution in [-0.2, 0) is 7.05 Å². The number of rotatable bonds is 4. The number of nitrogens with two attached hydrogens (primary N) is 1. The van der Waals surface area contributed by atoms with Gasteiger partial charge in [-0.05, 0) is 24.3 Å². The molecule has 0 radical (unpaired) electrons. The molecule has 0 fully saturated rings. The first kappa shape index (κ1) is 14.1. The Balaban J connectivity index is 2.54. The summed E-state index contributed by atoms with van der Waals surface area (Å²) in [7, 11) is 4.85. The van der Waals surface area contributed by atoms with Crippen LogP contribution in [0.5, 0.6) is 11.5 Å². The van der Waals surface area contributed by atoms with Crippen molar-refractivity contribution in [3.63, 3.8) is 0 Å². The number of aryl methyl sites for hydroxylation is 1. The minimum Gasteiger partial charge on any atom is -0.497 e. The van der Waals surface area contributed by atoms with Gasteiger partial charge in [-0.3, -0.25) is 4.79 Å². The molecule has 2 N–H and O–H groups in total. The lowest BCUT2D eigenvalue weighted by Crippen LogP contribution is -2.26. The Labute approximate surface area is 117 Å². The Bertz CT molecular complexity index is 664. The minimum atomic E-state index is -0.569. The van der Waals surface area contributed by atoms with Crippen molar-refractivity contribution in [3.8, 4) is 11.5 Å². The number of hydrogen-bond donors (Lipinski definition) is 1. The lowest BCUT2D eigenvalue weighted by molar-refractivity contribution is 0.397. The number of pyridine rings is 1. The molecule has 2 rings (SSSR count). The van der Waals surface area contributed by atoms with Crippen molar-refractivity contribution in [2.24, 2.45) is 12.8 Å². The second-order valence-electron chi connectivity index (χ2n) is 4.47. The minimum absolute atomic E-state index is 0.120. The monoisotopic (exact) mass is 274 g/mol. The van der Waals surface area contributed by atoms with Crippen LogP contribution in [0, 0.1) is 0 Å². The highest BCUT2D eigenvalue weighted by molar-refractivity contribution is 5.45. The lowest BCUT2D eigenvalue weighted by atomic mass is 9.99. The normalized spacial score (nSPS) is 12.0. The Kier molecular flexibility index (Phi) is 4.10. The van der Waals surface area contributed by atoms with Crippen molar-refractivity contribution in [1.82, 2.24) is 4.57 Å². The van der Waals surface area contributed by atoms with Crippen molar-refractivity contribution in [2.75, 3.05) is 14.2 Å². The molecule has 5 nitrogen and oxygen atoms in total. The number of nitrogens with zero attached hydrogens (tertiary/aromatic N) is 1. The van der Waals surface area contributed by atoms with Crippen LogP contribution in [0.4, 0.5) is 0 Å². The molecule has 5 heteroatoms. The van der Waals surface area contributed by atoms with Gasteiger partial charge in [-0.15, -0.1) is 0 Å². The molecule has 0 saturated carbocycles. The van der Waals surface area contributed by atoms with E-state index in [0.29, 0.717) is 17.1 Å². The molecule has 0 amide bonds. The van der Waals surface area contributed by atoms with Gasteiger partial charge < -0.3 is 19.8 Å². The molecule has 1 heterocycles. The molecule has 106 valence electrons. The van der Waals surface area contributed by atoms with Crippen LogP contribution in [0.25, 0.3) is 0 Å². The molecule has 1 unspecified atom stereocenters. The first-order chi connectivity index (χ1) is 9.58. The number of aromatic nitrogens is 1. The second kappa shape index (κ2) is 5.79. The third-order valence-corrected chi connectivity index (χ3v) is 3.26. The van der Waals surface area contributed by atoms with Gasteiger partial charge in [0.1, 0.15) is 11.5 Å². The van der Waals surface area contributed by atoms with Gasteiger partial charge in [0, 0.05) is 24.4 Å². The van der Waals surface area contributed by atoms with E-state index in [4.69, 9.17) is 15.2 Å². The van der Waals surface area contributed by atoms with E-state index in [0.717, 1.165) is 5.56 Å². The van der Waals surface area contributed by atoms with Gasteiger partial charge in [0.25, 0.3) is 5.56 Å². The van der Waals surface area contributed by atoms with E-state index >= 15 is 0 Å². The van der Waals surface area contributed by atoms with Crippen LogP contribution in [0.2, 0.25) is 0 Å². The van der Waals surface area contributed by atoms with Gasteiger partial charge in [0.05, 0.1) is 20.3 Å². The summed E-state index contributed by atoms with van der Waals surface area (Å²) in [5.41, 5.74) is 7.35. The summed E-state index contributed by atoms with van der Waals surface area (Å²) < 4.78 is 12.0. The quantitative estimate of drug-likeness (QED) is 0.916. The lowest BCUT2D eigenvalue weighted by Gasteiger charge is -2.17. The van der Waals surface area contributed by atoms with E-state index in [1.165, 1.54) is 4.57 Å². The molecule has 1 aromatic carbocycles. The SMILES string of the molecule is COc1ccc(OC)c(C(N)c2cccn(C)c2=O)c1. The van der Waals surface area contributed by atoms with Gasteiger partial charge >= 0.3 is 0 Å². The predicted molar refractivity (Wildman–Crippen MR) is 77.3 cm³/mol. The number of benzene rings is 1. The molecule has 0 bridgehead atoms. The molecule has 0 aliphatic carbocycles. The second-order valence-corrected chi connectivity index (χ2v) is 4.47. The summed E-state index contributed by atoms with van der Waals surface area (Å²) in [6.45, 7) is 0. The van der Waals surface area contributed by atoms with E-state index in [9.17, 15) is 4.79 Å². The van der Waals surface area contributed by atoms with Crippen molar-refractivity contribution >= 4 is 0 Å². The largest absolute Gasteiger partial charge is 0.497 e. The van der Waals surface area contributed by atoms with Crippen LogP contribution in [0.15, 0.2) is 41.3 Å². The van der Waals surface area contributed by atoms with E-state index in [2.05, 4.69) is 0 Å². The standard InChI is InChI=1S/C15H18N2O3/c1-17-8-4-5-11(15(17)18)14(16)12-9-10(19-2)6-7-13(12)20-3/h4-9,14H,16H2,1-3H3. The molecular formula is C15H18N2O3. The van der Waals surface area contributed by atoms with E-state index in [1.807, 2.05) is 0 Å². The molecular weight excluding hydrogens is 256 g/mol. The molecule has 2 aromatic rings. The van der Waals surface area contributed by atoms with Crippen molar-refractivity contribution < 1.29 is 9.47 Å². The van der Waals surface area contributed by atoms with Crippen LogP contribution in [0.1, 0.15) is 17.2 Å². The topological polar surface area (TPSA) is 66.5 Å². The van der Waals surface area contributed by atoms with Gasteiger partial charge in [-0.2, -0.15) is 0 Å². The van der Waals surface area contributed by atoms with E-state index < -0.39 is 6.04 Å². The van der Waals surface area contributed by atoms with E-state index in [1.54, 1.807) is 57.8 Å². The van der Waals surface area contributed by atoms with Crippen LogP contribution < -0.4 is 20.8 Å². The third-order valence-electron chi connectivity index (χ3n) is 3.26. The molecule has 0 aliphatic rings. The van der Waals surface area contributed by atoms with Crippen LogP contribution in [-0.4, -0.2) is 18.8 Å². The maximum atomic E-state index is 12.1. The van der Waals surface area contributed by atoms with Crippen molar-refractivity contribution in [1.29, 1.82) is 0 Å². The predicted octanol–water partition coefficient (Wildman–Crippen LogP) is 1.45. The zero-order valence-electron chi connectivity index (χ0n) is 11.8. The summed E-state index contributed by atoms with van der Waals surface area (Å²) in [5.74, 6) is 1.30. The Morgan fingerprint density at radius 3 is 2.55 bits per heavy atom. The first-order valence-electron chi connectivity index (χ1n) is 6.21. The zero-order valence-corrected chi connectivity index (χ0v) is 11.8. The third kappa shape index (κ3) is 2.53. The van der Waals surface area contributed by atoms with Crippen molar-refractivity contribution in [2.45, 2.75) is 6.04 Å². The summed E-state index contributed by atoms with van der Waals surface area (Å²) in [4.78, 5) is 12.1. The van der Waals surface area contributed by atoms with E-state index in [-0.39, 0.29) is 5.56 Å². The van der Waals surface area contributed by atoms with Gasteiger partial charge in [0.2, 0.25) is 0 Å². The fourth-order valence-corrected chi connectivity index (χ4v) is 2.11. The van der Waals surface area contributed by atoms with Gasteiger partial charge in [-0.1, -0.05) is 6.07 Å². The Morgan fingerprint density at radius 2 is 1.90 bits per heavy atom. The highest BCUT2D eigenvalue weighted by Crippen LogP contribution is 2.30. The summed E-state index contributed by atoms with van der Waals surface area (Å²) >= 11 is 0. The smallest absolute Gasteiger partial charge is 0.255 e. The highest BCUT2D eigenvalue weighted by Gasteiger charge is 2.18. The van der Waals surface area contributed by atoms with Gasteiger partial charge in [-0.25, -0.2) is 0 Å². The zero-order chi connectivity index (χ0) is 14.7. The Morgan fingerprint density at radius 1 is 1.15 bits per heavy atom. The molecule has 0 saturated heterocycles. The van der Waals surface area contributed by atoms with Crippen molar-refractivity contribution in [3.05, 3.63) is 58.0 Å². The maximum Gasteiger partial charge on any atom is 0.255 e. The number of ether oxygens (including phenoxy) is 2. The van der Waals surface area contributed by atoms with Gasteiger partial charge in [0.15, 0.2) is 0 Å². The molecule has 1 atom stereocenters.